The van der Waals surface area contributed by atoms with E-state index in [-0.39, 0.29) is 31.8 Å². The molecule has 2 aromatic carbocycles. The van der Waals surface area contributed by atoms with Crippen molar-refractivity contribution in [2.45, 2.75) is 12.6 Å². The summed E-state index contributed by atoms with van der Waals surface area (Å²) in [7, 11) is 3.01. The second-order valence-electron chi connectivity index (χ2n) is 8.34. The quantitative estimate of drug-likeness (QED) is 0.397. The van der Waals surface area contributed by atoms with Gasteiger partial charge in [-0.1, -0.05) is 18.2 Å². The maximum atomic E-state index is 13.0. The first-order valence-electron chi connectivity index (χ1n) is 11.9. The average molecular weight is 543 g/mol. The average Bonchev–Trinajstić information content (AvgIpc) is 3.39. The molecule has 1 aliphatic heterocycles. The molecule has 0 fully saturated rings. The second-order valence-corrected chi connectivity index (χ2v) is 8.34. The molecule has 2 heterocycles. The number of aromatic nitrogens is 1. The maximum Gasteiger partial charge on any atom is 0.471 e. The Hall–Kier alpha value is -4.61. The van der Waals surface area contributed by atoms with E-state index in [1.165, 1.54) is 14.2 Å². The van der Waals surface area contributed by atoms with Gasteiger partial charge in [0.15, 0.2) is 0 Å². The van der Waals surface area contributed by atoms with E-state index < -0.39 is 18.0 Å². The number of para-hydroxylation sites is 1. The first-order chi connectivity index (χ1) is 18.7. The van der Waals surface area contributed by atoms with Crippen molar-refractivity contribution < 1.29 is 37.0 Å². The highest BCUT2D eigenvalue weighted by atomic mass is 19.4. The number of halogens is 3. The van der Waals surface area contributed by atoms with E-state index in [1.54, 1.807) is 41.7 Å². The number of fused-ring (bicyclic) bond motifs is 1. The van der Waals surface area contributed by atoms with Gasteiger partial charge in [0.1, 0.15) is 28.8 Å². The predicted octanol–water partition coefficient (Wildman–Crippen LogP) is 3.92. The Labute approximate surface area is 221 Å². The van der Waals surface area contributed by atoms with E-state index in [0.29, 0.717) is 39.7 Å². The van der Waals surface area contributed by atoms with Crippen LogP contribution in [0, 0.1) is 0 Å². The number of nitrogens with zero attached hydrogens (tertiary/aromatic N) is 2. The lowest BCUT2D eigenvalue weighted by Crippen LogP contribution is -2.37. The van der Waals surface area contributed by atoms with E-state index in [2.05, 4.69) is 15.3 Å². The minimum atomic E-state index is -4.93. The number of carbonyl (C=O) groups is 2. The number of nitrogens with one attached hydrogen (secondary N) is 2. The summed E-state index contributed by atoms with van der Waals surface area (Å²) in [6.07, 6.45) is -3.10. The van der Waals surface area contributed by atoms with Gasteiger partial charge in [0.05, 0.1) is 38.5 Å². The zero-order chi connectivity index (χ0) is 28.0. The molecule has 2 N–H and O–H groups in total. The summed E-state index contributed by atoms with van der Waals surface area (Å²) in [5.41, 5.74) is 2.07. The summed E-state index contributed by atoms with van der Waals surface area (Å²) in [6, 6.07) is 14.0. The minimum Gasteiger partial charge on any atom is -0.496 e. The molecule has 4 rings (SSSR count). The largest absolute Gasteiger partial charge is 0.496 e. The Bertz CT molecular complexity index is 1450. The van der Waals surface area contributed by atoms with Crippen molar-refractivity contribution in [3.63, 3.8) is 0 Å². The van der Waals surface area contributed by atoms with Crippen molar-refractivity contribution in [1.82, 2.24) is 15.6 Å². The molecular weight excluding hydrogens is 517 g/mol. The van der Waals surface area contributed by atoms with E-state index >= 15 is 0 Å². The van der Waals surface area contributed by atoms with Gasteiger partial charge in [0, 0.05) is 18.0 Å². The van der Waals surface area contributed by atoms with Gasteiger partial charge >= 0.3 is 12.1 Å². The molecule has 0 unspecified atom stereocenters. The number of amides is 2. The number of hydrogen-bond acceptors (Lipinski definition) is 7. The third kappa shape index (κ3) is 6.46. The van der Waals surface area contributed by atoms with Gasteiger partial charge in [-0.05, 0) is 42.3 Å². The minimum absolute atomic E-state index is 0.0471. The van der Waals surface area contributed by atoms with Gasteiger partial charge < -0.3 is 24.8 Å². The van der Waals surface area contributed by atoms with E-state index in [1.807, 2.05) is 18.2 Å². The molecule has 204 valence electrons. The summed E-state index contributed by atoms with van der Waals surface area (Å²) in [4.78, 5) is 32.7. The monoisotopic (exact) mass is 542 g/mol. The van der Waals surface area contributed by atoms with Crippen LogP contribution in [0.2, 0.25) is 0 Å². The Morgan fingerprint density at radius 2 is 1.74 bits per heavy atom. The molecule has 0 radical (unpaired) electrons. The molecular formula is C27H25F3N4O5. The number of ether oxygens (including phenoxy) is 3. The zero-order valence-electron chi connectivity index (χ0n) is 21.1. The summed E-state index contributed by atoms with van der Waals surface area (Å²) >= 11 is 0. The number of methoxy groups -OCH3 is 2. The lowest BCUT2D eigenvalue weighted by Gasteiger charge is -2.15. The molecule has 2 amide bonds. The van der Waals surface area contributed by atoms with Crippen LogP contribution in [-0.2, 0) is 4.79 Å². The lowest BCUT2D eigenvalue weighted by atomic mass is 10.0. The molecule has 12 heteroatoms. The highest BCUT2D eigenvalue weighted by Crippen LogP contribution is 2.36. The van der Waals surface area contributed by atoms with Gasteiger partial charge in [-0.3, -0.25) is 14.6 Å². The topological polar surface area (TPSA) is 111 Å². The fourth-order valence-corrected chi connectivity index (χ4v) is 3.94. The Balaban J connectivity index is 1.45. The number of benzene rings is 2. The van der Waals surface area contributed by atoms with Crippen LogP contribution < -0.4 is 24.8 Å². The van der Waals surface area contributed by atoms with Crippen LogP contribution >= 0.6 is 0 Å². The van der Waals surface area contributed by atoms with Crippen molar-refractivity contribution in [3.8, 4) is 17.2 Å². The third-order valence-corrected chi connectivity index (χ3v) is 5.75. The Morgan fingerprint density at radius 3 is 2.49 bits per heavy atom. The smallest absolute Gasteiger partial charge is 0.471 e. The van der Waals surface area contributed by atoms with Crippen molar-refractivity contribution in [3.05, 3.63) is 65.9 Å². The number of pyridine rings is 1. The summed E-state index contributed by atoms with van der Waals surface area (Å²) < 4.78 is 53.7. The van der Waals surface area contributed by atoms with Gasteiger partial charge in [-0.2, -0.15) is 13.2 Å². The Morgan fingerprint density at radius 1 is 1.00 bits per heavy atom. The zero-order valence-corrected chi connectivity index (χ0v) is 21.1. The van der Waals surface area contributed by atoms with Gasteiger partial charge in [-0.25, -0.2) is 4.98 Å². The van der Waals surface area contributed by atoms with Crippen molar-refractivity contribution in [2.24, 2.45) is 4.99 Å². The van der Waals surface area contributed by atoms with E-state index in [9.17, 15) is 22.8 Å². The maximum absolute atomic E-state index is 13.0. The standard InChI is InChI=1S/C27H25F3N4O5/c1-37-20-9-5-10-21(39-12-6-11-31-26(36)27(28,29)30)24(20)16-13-23(32-15-16)34-25(35)19-14-22(38-2)17-7-3-4-8-18(17)33-19/h3-5,7-10,13-14H,6,11-12,15H2,1-2H3,(H,31,36)(H,32,34,35). The summed E-state index contributed by atoms with van der Waals surface area (Å²) in [5, 5.41) is 5.34. The van der Waals surface area contributed by atoms with E-state index in [0.717, 1.165) is 5.39 Å². The Kier molecular flexibility index (Phi) is 8.33. The lowest BCUT2D eigenvalue weighted by molar-refractivity contribution is -0.173. The third-order valence-electron chi connectivity index (χ3n) is 5.75. The molecule has 1 aliphatic rings. The number of rotatable bonds is 9. The van der Waals surface area contributed by atoms with Gasteiger partial charge in [-0.15, -0.1) is 0 Å². The molecule has 0 bridgehead atoms. The van der Waals surface area contributed by atoms with Crippen LogP contribution in [0.15, 0.2) is 59.6 Å². The number of aliphatic imine (C=N–C) groups is 1. The van der Waals surface area contributed by atoms with Crippen molar-refractivity contribution >= 4 is 34.1 Å². The molecule has 9 nitrogen and oxygen atoms in total. The fraction of sp³-hybridized carbons (Fsp3) is 0.259. The van der Waals surface area contributed by atoms with Gasteiger partial charge in [0.2, 0.25) is 0 Å². The summed E-state index contributed by atoms with van der Waals surface area (Å²) in [6.45, 7) is 0.0706. The first-order valence-corrected chi connectivity index (χ1v) is 11.9. The second kappa shape index (κ2) is 11.8. The van der Waals surface area contributed by atoms with Crippen molar-refractivity contribution in [1.29, 1.82) is 0 Å². The van der Waals surface area contributed by atoms with Crippen molar-refractivity contribution in [2.75, 3.05) is 33.9 Å². The fourth-order valence-electron chi connectivity index (χ4n) is 3.94. The molecule has 39 heavy (non-hydrogen) atoms. The van der Waals surface area contributed by atoms with Crippen LogP contribution in [0.4, 0.5) is 13.2 Å². The van der Waals surface area contributed by atoms with E-state index in [4.69, 9.17) is 14.2 Å². The van der Waals surface area contributed by atoms with Crippen LogP contribution in [0.1, 0.15) is 22.5 Å². The molecule has 0 saturated carbocycles. The molecule has 1 aromatic heterocycles. The van der Waals surface area contributed by atoms with Crippen LogP contribution in [0.25, 0.3) is 16.5 Å². The SMILES string of the molecule is COc1cccc(OCCCNC(=O)C(F)(F)F)c1C1=CC(NC(=O)c2cc(OC)c3ccccc3n2)=NC1. The molecule has 0 aliphatic carbocycles. The molecule has 3 aromatic rings. The van der Waals surface area contributed by atoms with Gasteiger partial charge in [0.25, 0.3) is 5.91 Å². The number of alkyl halides is 3. The van der Waals surface area contributed by atoms with Crippen LogP contribution in [0.5, 0.6) is 17.2 Å². The highest BCUT2D eigenvalue weighted by molar-refractivity contribution is 6.14. The molecule has 0 spiro atoms. The van der Waals surface area contributed by atoms with Crippen LogP contribution in [0.3, 0.4) is 0 Å². The van der Waals surface area contributed by atoms with Crippen LogP contribution in [-0.4, -0.2) is 62.7 Å². The summed E-state index contributed by atoms with van der Waals surface area (Å²) in [5.74, 6) is -0.712. The number of amidine groups is 1. The number of hydrogen-bond donors (Lipinski definition) is 2. The molecule has 0 saturated heterocycles. The molecule has 0 atom stereocenters. The highest BCUT2D eigenvalue weighted by Gasteiger charge is 2.38. The predicted molar refractivity (Wildman–Crippen MR) is 138 cm³/mol. The normalized spacial score (nSPS) is 12.9. The first kappa shape index (κ1) is 27.4. The number of carbonyl (C=O) groups excluding carboxylic acids is 2.